The summed E-state index contributed by atoms with van der Waals surface area (Å²) in [5.74, 6) is 0.668. The third-order valence-corrected chi connectivity index (χ3v) is 2.71. The van der Waals surface area contributed by atoms with Gasteiger partial charge in [0.15, 0.2) is 0 Å². The van der Waals surface area contributed by atoms with Gasteiger partial charge in [-0.1, -0.05) is 13.2 Å². The molecule has 82 valence electrons. The minimum atomic E-state index is -4.79. The van der Waals surface area contributed by atoms with Crippen molar-refractivity contribution in [3.05, 3.63) is 23.8 Å². The third kappa shape index (κ3) is 2.49. The lowest BCUT2D eigenvalue weighted by atomic mass is 9.83. The first-order valence-electron chi connectivity index (χ1n) is 4.91. The zero-order valence-electron chi connectivity index (χ0n) is 8.38. The van der Waals surface area contributed by atoms with Crippen molar-refractivity contribution in [1.82, 2.24) is 9.97 Å². The van der Waals surface area contributed by atoms with Crippen LogP contribution in [0.4, 0.5) is 12.9 Å². The first kappa shape index (κ1) is 10.5. The van der Waals surface area contributed by atoms with Gasteiger partial charge in [-0.2, -0.15) is 0 Å². The van der Waals surface area contributed by atoms with Gasteiger partial charge >= 0.3 is 6.98 Å². The molecule has 2 nitrogen and oxygen atoms in total. The average Bonchev–Trinajstić information content (AvgIpc) is 2.83. The van der Waals surface area contributed by atoms with Crippen LogP contribution in [0.5, 0.6) is 0 Å². The molecule has 0 bridgehead atoms. The summed E-state index contributed by atoms with van der Waals surface area (Å²) in [6.45, 7) is -2.77. The smallest absolute Gasteiger partial charge is 0.449 e. The van der Waals surface area contributed by atoms with Gasteiger partial charge in [-0.3, -0.25) is 0 Å². The van der Waals surface area contributed by atoms with E-state index in [1.165, 1.54) is 12.4 Å². The molecule has 0 radical (unpaired) electrons. The second kappa shape index (κ2) is 3.22. The summed E-state index contributed by atoms with van der Waals surface area (Å²) in [5.41, 5.74) is 0.164. The maximum absolute atomic E-state index is 12.1. The van der Waals surface area contributed by atoms with Gasteiger partial charge in [0.25, 0.3) is 0 Å². The molecule has 0 aromatic carbocycles. The van der Waals surface area contributed by atoms with E-state index in [1.807, 2.05) is 6.92 Å². The number of nitrogens with zero attached hydrogens (tertiary/aromatic N) is 2. The number of rotatable bonds is 3. The van der Waals surface area contributed by atoms with E-state index in [1.54, 1.807) is 0 Å². The topological polar surface area (TPSA) is 25.8 Å². The Morgan fingerprint density at radius 1 is 1.27 bits per heavy atom. The van der Waals surface area contributed by atoms with Crippen LogP contribution in [0.15, 0.2) is 12.4 Å². The van der Waals surface area contributed by atoms with Crippen LogP contribution in [0, 0.1) is 0 Å². The molecule has 1 aromatic heterocycles. The Morgan fingerprint density at radius 2 is 1.80 bits per heavy atom. The summed E-state index contributed by atoms with van der Waals surface area (Å²) >= 11 is 0. The van der Waals surface area contributed by atoms with Gasteiger partial charge in [0.1, 0.15) is 5.82 Å². The molecule has 6 heteroatoms. The third-order valence-electron chi connectivity index (χ3n) is 2.71. The standard InChI is InChI=1S/C9H11BF3N2/c1-9(2-3-9)8-14-5-7(6-15-8)4-10(11,12)13/h5-6H,2-4H2,1H3/q-1. The van der Waals surface area contributed by atoms with Gasteiger partial charge < -0.3 is 12.9 Å². The molecule has 2 rings (SSSR count). The van der Waals surface area contributed by atoms with Crippen molar-refractivity contribution in [2.75, 3.05) is 0 Å². The Morgan fingerprint density at radius 3 is 2.20 bits per heavy atom. The van der Waals surface area contributed by atoms with Gasteiger partial charge in [0.2, 0.25) is 0 Å². The SMILES string of the molecule is CC1(c2ncc(C[B-](F)(F)F)cn2)CC1. The molecule has 0 unspecified atom stereocenters. The highest BCUT2D eigenvalue weighted by Gasteiger charge is 2.41. The lowest BCUT2D eigenvalue weighted by Crippen LogP contribution is -2.20. The van der Waals surface area contributed by atoms with Gasteiger partial charge in [0.05, 0.1) is 0 Å². The number of hydrogen-bond acceptors (Lipinski definition) is 2. The fourth-order valence-electron chi connectivity index (χ4n) is 1.45. The highest BCUT2D eigenvalue weighted by atomic mass is 19.4. The fourth-order valence-corrected chi connectivity index (χ4v) is 1.45. The Hall–Kier alpha value is -1.07. The monoisotopic (exact) mass is 215 g/mol. The lowest BCUT2D eigenvalue weighted by Gasteiger charge is -2.13. The molecule has 1 aliphatic carbocycles. The largest absolute Gasteiger partial charge is 0.482 e. The molecule has 0 N–H and O–H groups in total. The van der Waals surface area contributed by atoms with Gasteiger partial charge in [-0.25, -0.2) is 9.97 Å². The molecule has 0 saturated heterocycles. The highest BCUT2D eigenvalue weighted by molar-refractivity contribution is 6.57. The van der Waals surface area contributed by atoms with Crippen LogP contribution >= 0.6 is 0 Å². The quantitative estimate of drug-likeness (QED) is 0.723. The lowest BCUT2D eigenvalue weighted by molar-refractivity contribution is 0.468. The Bertz CT molecular complexity index is 357. The van der Waals surface area contributed by atoms with E-state index in [9.17, 15) is 12.9 Å². The van der Waals surface area contributed by atoms with Crippen molar-refractivity contribution in [3.8, 4) is 0 Å². The van der Waals surface area contributed by atoms with Crippen LogP contribution in [0.1, 0.15) is 31.2 Å². The molecule has 0 atom stereocenters. The molecule has 1 heterocycles. The molecule has 0 amide bonds. The average molecular weight is 215 g/mol. The van der Waals surface area contributed by atoms with Crippen LogP contribution < -0.4 is 0 Å². The van der Waals surface area contributed by atoms with Crippen molar-refractivity contribution in [2.24, 2.45) is 0 Å². The van der Waals surface area contributed by atoms with Gasteiger partial charge in [0, 0.05) is 17.8 Å². The molecule has 0 spiro atoms. The van der Waals surface area contributed by atoms with E-state index in [2.05, 4.69) is 9.97 Å². The van der Waals surface area contributed by atoms with Crippen molar-refractivity contribution in [3.63, 3.8) is 0 Å². The zero-order chi connectivity index (χ0) is 11.1. The Labute approximate surface area is 86.0 Å². The Kier molecular flexibility index (Phi) is 2.24. The molecule has 1 aliphatic rings. The van der Waals surface area contributed by atoms with Crippen molar-refractivity contribution in [2.45, 2.75) is 31.5 Å². The number of aromatic nitrogens is 2. The maximum Gasteiger partial charge on any atom is 0.482 e. The molecule has 0 aliphatic heterocycles. The van der Waals surface area contributed by atoms with E-state index in [0.717, 1.165) is 12.8 Å². The summed E-state index contributed by atoms with van der Waals surface area (Å²) in [4.78, 5) is 7.99. The first-order valence-corrected chi connectivity index (χ1v) is 4.91. The van der Waals surface area contributed by atoms with E-state index in [4.69, 9.17) is 0 Å². The van der Waals surface area contributed by atoms with E-state index in [-0.39, 0.29) is 11.0 Å². The van der Waals surface area contributed by atoms with Crippen LogP contribution in [-0.4, -0.2) is 16.9 Å². The minimum absolute atomic E-state index is 0.0158. The van der Waals surface area contributed by atoms with E-state index in [0.29, 0.717) is 5.82 Å². The first-order chi connectivity index (χ1) is 6.89. The summed E-state index contributed by atoms with van der Waals surface area (Å²) in [7, 11) is 0. The summed E-state index contributed by atoms with van der Waals surface area (Å²) < 4.78 is 36.3. The highest BCUT2D eigenvalue weighted by Crippen LogP contribution is 2.45. The Balaban J connectivity index is 2.11. The fraction of sp³-hybridized carbons (Fsp3) is 0.556. The maximum atomic E-state index is 12.1. The van der Waals surface area contributed by atoms with Gasteiger partial charge in [-0.05, 0) is 18.4 Å². The van der Waals surface area contributed by atoms with E-state index >= 15 is 0 Å². The zero-order valence-corrected chi connectivity index (χ0v) is 8.38. The van der Waals surface area contributed by atoms with Crippen molar-refractivity contribution in [1.29, 1.82) is 0 Å². The normalized spacial score (nSPS) is 18.9. The van der Waals surface area contributed by atoms with Crippen LogP contribution in [0.3, 0.4) is 0 Å². The van der Waals surface area contributed by atoms with Crippen LogP contribution in [-0.2, 0) is 11.7 Å². The second-order valence-corrected chi connectivity index (χ2v) is 4.39. The second-order valence-electron chi connectivity index (χ2n) is 4.39. The predicted octanol–water partition coefficient (Wildman–Crippen LogP) is 2.46. The summed E-state index contributed by atoms with van der Waals surface area (Å²) in [6, 6.07) is 0. The predicted molar refractivity (Wildman–Crippen MR) is 51.4 cm³/mol. The summed E-state index contributed by atoms with van der Waals surface area (Å²) in [5, 5.41) is 0. The molecule has 1 saturated carbocycles. The van der Waals surface area contributed by atoms with Crippen molar-refractivity contribution < 1.29 is 12.9 Å². The molecule has 1 fully saturated rings. The number of hydrogen-bond donors (Lipinski definition) is 0. The summed E-state index contributed by atoms with van der Waals surface area (Å²) in [6.07, 6.45) is 3.74. The van der Waals surface area contributed by atoms with Crippen LogP contribution in [0.25, 0.3) is 0 Å². The molecular formula is C9H11BF3N2-. The van der Waals surface area contributed by atoms with Gasteiger partial charge in [-0.15, -0.1) is 0 Å². The minimum Gasteiger partial charge on any atom is -0.449 e. The van der Waals surface area contributed by atoms with E-state index < -0.39 is 13.3 Å². The van der Waals surface area contributed by atoms with Crippen molar-refractivity contribution >= 4 is 6.98 Å². The molecule has 15 heavy (non-hydrogen) atoms. The number of halogens is 3. The van der Waals surface area contributed by atoms with Crippen LogP contribution in [0.2, 0.25) is 0 Å². The molecular weight excluding hydrogens is 204 g/mol. The molecule has 1 aromatic rings.